The van der Waals surface area contributed by atoms with Gasteiger partial charge in [-0.2, -0.15) is 31.6 Å². The third-order valence-electron chi connectivity index (χ3n) is 9.81. The van der Waals surface area contributed by atoms with Crippen LogP contribution in [-0.4, -0.2) is 69.6 Å². The molecule has 5 rings (SSSR count). The molecule has 2 unspecified atom stereocenters. The van der Waals surface area contributed by atoms with E-state index < -0.39 is 57.2 Å². The number of benzene rings is 1. The number of ether oxygens (including phenoxy) is 1. The summed E-state index contributed by atoms with van der Waals surface area (Å²) < 4.78 is 89.3. The highest BCUT2D eigenvalue weighted by Crippen LogP contribution is 2.44. The van der Waals surface area contributed by atoms with Crippen LogP contribution in [0.1, 0.15) is 83.8 Å². The first-order valence-corrected chi connectivity index (χ1v) is 17.7. The molecular weight excluding hydrogens is 698 g/mol. The Hall–Kier alpha value is -4.16. The number of aromatic nitrogens is 1. The van der Waals surface area contributed by atoms with Gasteiger partial charge in [-0.05, 0) is 55.7 Å². The number of aliphatic hydroxyl groups is 1. The highest BCUT2D eigenvalue weighted by atomic mass is 32.1. The summed E-state index contributed by atoms with van der Waals surface area (Å²) in [5.41, 5.74) is -3.11. The molecule has 2 aliphatic heterocycles. The number of hydrogen-bond acceptors (Lipinski definition) is 7. The molecule has 1 N–H and O–H groups in total. The maximum Gasteiger partial charge on any atom is 0.425 e. The van der Waals surface area contributed by atoms with Crippen molar-refractivity contribution in [2.45, 2.75) is 87.7 Å². The Morgan fingerprint density at radius 1 is 1.08 bits per heavy atom. The Morgan fingerprint density at radius 2 is 1.80 bits per heavy atom. The first kappa shape index (κ1) is 38.1. The number of pyridine rings is 1. The molecule has 2 fully saturated rings. The first-order chi connectivity index (χ1) is 24.2. The summed E-state index contributed by atoms with van der Waals surface area (Å²) in [7, 11) is 0. The van der Waals surface area contributed by atoms with E-state index in [0.29, 0.717) is 36.7 Å². The van der Waals surface area contributed by atoms with Crippen LogP contribution < -0.4 is 4.74 Å². The van der Waals surface area contributed by atoms with Crippen LogP contribution in [0.2, 0.25) is 0 Å². The van der Waals surface area contributed by atoms with Crippen LogP contribution in [0.3, 0.4) is 0 Å². The molecule has 0 radical (unpaired) electrons. The third kappa shape index (κ3) is 7.72. The molecule has 2 aliphatic rings. The molecule has 2 atom stereocenters. The average Bonchev–Trinajstić information content (AvgIpc) is 3.60. The van der Waals surface area contributed by atoms with Gasteiger partial charge in [0.15, 0.2) is 0 Å². The van der Waals surface area contributed by atoms with Crippen molar-refractivity contribution < 1.29 is 45.8 Å². The van der Waals surface area contributed by atoms with Crippen molar-refractivity contribution in [3.63, 3.8) is 0 Å². The Bertz CT molecular complexity index is 1750. The summed E-state index contributed by atoms with van der Waals surface area (Å²) in [5, 5.41) is 21.0. The van der Waals surface area contributed by atoms with Crippen LogP contribution >= 0.6 is 11.3 Å². The first-order valence-electron chi connectivity index (χ1n) is 16.8. The normalized spacial score (nSPS) is 20.9. The Labute approximate surface area is 295 Å². The lowest BCUT2D eigenvalue weighted by atomic mass is 9.71. The Morgan fingerprint density at radius 3 is 2.43 bits per heavy atom. The van der Waals surface area contributed by atoms with Crippen LogP contribution in [0.15, 0.2) is 54.2 Å². The van der Waals surface area contributed by atoms with Crippen molar-refractivity contribution in [3.8, 4) is 11.8 Å². The summed E-state index contributed by atoms with van der Waals surface area (Å²) in [6.07, 6.45) is -5.75. The highest BCUT2D eigenvalue weighted by Gasteiger charge is 2.56. The Balaban J connectivity index is 1.54. The van der Waals surface area contributed by atoms with Gasteiger partial charge in [-0.15, -0.1) is 11.3 Å². The van der Waals surface area contributed by atoms with Gasteiger partial charge in [-0.1, -0.05) is 37.6 Å². The number of alkyl halides is 6. The molecule has 0 spiro atoms. The van der Waals surface area contributed by atoms with Gasteiger partial charge < -0.3 is 19.6 Å². The number of likely N-dealkylation sites (tertiary alicyclic amines) is 2. The molecule has 2 aromatic heterocycles. The zero-order chi connectivity index (χ0) is 37.0. The number of aliphatic hydroxyl groups excluding tert-OH is 1. The van der Waals surface area contributed by atoms with Crippen LogP contribution in [0.25, 0.3) is 0 Å². The van der Waals surface area contributed by atoms with Gasteiger partial charge in [0, 0.05) is 56.5 Å². The van der Waals surface area contributed by atoms with E-state index in [1.807, 2.05) is 24.3 Å². The number of thiophene rings is 1. The second-order valence-electron chi connectivity index (χ2n) is 12.9. The van der Waals surface area contributed by atoms with Crippen LogP contribution in [-0.2, 0) is 29.0 Å². The fourth-order valence-corrected chi connectivity index (χ4v) is 8.05. The second-order valence-corrected chi connectivity index (χ2v) is 13.8. The van der Waals surface area contributed by atoms with E-state index in [4.69, 9.17) is 4.74 Å². The number of halogens is 6. The van der Waals surface area contributed by atoms with Gasteiger partial charge in [0.25, 0.3) is 11.8 Å². The van der Waals surface area contributed by atoms with E-state index >= 15 is 0 Å². The van der Waals surface area contributed by atoms with E-state index in [0.717, 1.165) is 35.0 Å². The molecule has 0 saturated carbocycles. The molecule has 1 aromatic carbocycles. The molecule has 3 aromatic rings. The van der Waals surface area contributed by atoms with Crippen molar-refractivity contribution in [1.29, 1.82) is 5.26 Å². The van der Waals surface area contributed by atoms with Crippen LogP contribution in [0, 0.1) is 11.3 Å². The van der Waals surface area contributed by atoms with Crippen molar-refractivity contribution in [2.24, 2.45) is 0 Å². The number of aryl methyl sites for hydroxylation is 1. The summed E-state index contributed by atoms with van der Waals surface area (Å²) >= 11 is 0.381. The third-order valence-corrected chi connectivity index (χ3v) is 10.8. The standard InChI is InChI=1S/C36H38F6N4O4S/c1-2-7-29-34(50-25-20-30(51-22-25)36(40,41)42,12-6-16-46(29)31(48)26-21-44-15-11-28(26)35(37,38)39)32(49)45-17-13-33(23-43,14-18-45)27-10-4-3-8-24(27)9-5-19-47/h3-4,8,10-11,15,20-22,29,47H,2,5-7,9,12-14,16-19H2,1H3. The van der Waals surface area contributed by atoms with E-state index in [2.05, 4.69) is 11.1 Å². The topological polar surface area (TPSA) is 107 Å². The summed E-state index contributed by atoms with van der Waals surface area (Å²) in [6.45, 7) is 1.88. The summed E-state index contributed by atoms with van der Waals surface area (Å²) in [4.78, 5) is 34.4. The molecule has 2 saturated heterocycles. The summed E-state index contributed by atoms with van der Waals surface area (Å²) in [5.74, 6) is -1.87. The predicted molar refractivity (Wildman–Crippen MR) is 176 cm³/mol. The maximum atomic E-state index is 14.9. The second kappa shape index (κ2) is 15.2. The van der Waals surface area contributed by atoms with Gasteiger partial charge in [-0.3, -0.25) is 14.6 Å². The van der Waals surface area contributed by atoms with Gasteiger partial charge in [-0.25, -0.2) is 0 Å². The van der Waals surface area contributed by atoms with Crippen molar-refractivity contribution in [3.05, 3.63) is 81.3 Å². The van der Waals surface area contributed by atoms with Crippen LogP contribution in [0.4, 0.5) is 26.3 Å². The zero-order valence-corrected chi connectivity index (χ0v) is 28.7. The number of amides is 2. The van der Waals surface area contributed by atoms with Crippen molar-refractivity contribution in [1.82, 2.24) is 14.8 Å². The fraction of sp³-hybridized carbons (Fsp3) is 0.500. The molecule has 8 nitrogen and oxygen atoms in total. The van der Waals surface area contributed by atoms with E-state index in [1.54, 1.807) is 6.92 Å². The molecule has 0 bridgehead atoms. The number of rotatable bonds is 10. The van der Waals surface area contributed by atoms with E-state index in [1.165, 1.54) is 9.80 Å². The van der Waals surface area contributed by atoms with E-state index in [9.17, 15) is 46.3 Å². The SMILES string of the molecule is CCCC1N(C(=O)c2cnccc2C(F)(F)F)CCCC1(Oc1csc(C(F)(F)F)c1)C(=O)N1CCC(C#N)(c2ccccc2CCCO)CC1. The number of nitrogens with zero attached hydrogens (tertiary/aromatic N) is 4. The fourth-order valence-electron chi connectivity index (χ4n) is 7.38. The molecule has 4 heterocycles. The molecule has 51 heavy (non-hydrogen) atoms. The van der Waals surface area contributed by atoms with Crippen molar-refractivity contribution >= 4 is 23.2 Å². The largest absolute Gasteiger partial charge is 0.474 e. The van der Waals surface area contributed by atoms with Gasteiger partial charge in [0.05, 0.1) is 28.7 Å². The molecule has 274 valence electrons. The molecular formula is C36H38F6N4O4S. The predicted octanol–water partition coefficient (Wildman–Crippen LogP) is 7.41. The number of hydrogen-bond donors (Lipinski definition) is 1. The minimum atomic E-state index is -4.88. The number of nitriles is 1. The highest BCUT2D eigenvalue weighted by molar-refractivity contribution is 7.10. The van der Waals surface area contributed by atoms with Crippen LogP contribution in [0.5, 0.6) is 5.75 Å². The quantitative estimate of drug-likeness (QED) is 0.218. The molecule has 15 heteroatoms. The van der Waals surface area contributed by atoms with Crippen molar-refractivity contribution in [2.75, 3.05) is 26.2 Å². The lowest BCUT2D eigenvalue weighted by molar-refractivity contribution is -0.160. The smallest absolute Gasteiger partial charge is 0.425 e. The lowest BCUT2D eigenvalue weighted by Crippen LogP contribution is -2.68. The molecule has 2 amide bonds. The average molecular weight is 737 g/mol. The molecule has 0 aliphatic carbocycles. The summed E-state index contributed by atoms with van der Waals surface area (Å²) in [6, 6.07) is 10.2. The van der Waals surface area contributed by atoms with E-state index in [-0.39, 0.29) is 64.1 Å². The van der Waals surface area contributed by atoms with Gasteiger partial charge in [0.2, 0.25) is 5.60 Å². The maximum absolute atomic E-state index is 14.9. The van der Waals surface area contributed by atoms with Gasteiger partial charge in [0.1, 0.15) is 10.6 Å². The number of carbonyl (C=O) groups is 2. The Kier molecular flexibility index (Phi) is 11.4. The van der Waals surface area contributed by atoms with Gasteiger partial charge >= 0.3 is 12.4 Å². The zero-order valence-electron chi connectivity index (χ0n) is 27.9. The number of carbonyl (C=O) groups excluding carboxylic acids is 2. The minimum Gasteiger partial charge on any atom is -0.474 e. The lowest BCUT2D eigenvalue weighted by Gasteiger charge is -2.51. The minimum absolute atomic E-state index is 0.0134. The monoisotopic (exact) mass is 736 g/mol. The number of piperidine rings is 2.